The molecule has 1 nitrogen and oxygen atoms in total. The van der Waals surface area contributed by atoms with Crippen LogP contribution in [0.3, 0.4) is 0 Å². The van der Waals surface area contributed by atoms with Gasteiger partial charge in [-0.25, -0.2) is 0 Å². The Bertz CT molecular complexity index is 702. The van der Waals surface area contributed by atoms with Crippen LogP contribution in [0, 0.1) is 17.3 Å². The highest BCUT2D eigenvalue weighted by Gasteiger charge is 2.03. The Kier molecular flexibility index (Phi) is 5.28. The van der Waals surface area contributed by atoms with Gasteiger partial charge in [-0.15, -0.1) is 0 Å². The monoisotopic (exact) mass is 291 g/mol. The van der Waals surface area contributed by atoms with Crippen molar-refractivity contribution < 1.29 is 0 Å². The van der Waals surface area contributed by atoms with E-state index in [0.717, 1.165) is 13.0 Å². The van der Waals surface area contributed by atoms with Crippen LogP contribution >= 0.6 is 0 Å². The summed E-state index contributed by atoms with van der Waals surface area (Å²) in [4.78, 5) is 2.21. The van der Waals surface area contributed by atoms with Crippen LogP contribution in [0.25, 0.3) is 10.8 Å². The van der Waals surface area contributed by atoms with Gasteiger partial charge in [0.1, 0.15) is 0 Å². The molecular weight excluding hydrogens is 266 g/mol. The highest BCUT2D eigenvalue weighted by Crippen LogP contribution is 2.19. The van der Waals surface area contributed by atoms with Crippen molar-refractivity contribution in [2.45, 2.75) is 33.7 Å². The molecule has 0 unspecified atom stereocenters. The largest absolute Gasteiger partial charge is 0.376 e. The van der Waals surface area contributed by atoms with Gasteiger partial charge in [0.05, 0.1) is 0 Å². The summed E-state index contributed by atoms with van der Waals surface area (Å²) >= 11 is 0. The molecule has 2 rings (SSSR count). The van der Waals surface area contributed by atoms with Gasteiger partial charge in [-0.3, -0.25) is 0 Å². The SMILES string of the molecule is CN(/C=C/CC#CC(C)(C)C)Cc1cccc2ccccc12. The maximum atomic E-state index is 3.25. The Morgan fingerprint density at radius 3 is 2.55 bits per heavy atom. The fraction of sp³-hybridized carbons (Fsp3) is 0.333. The number of hydrogen-bond acceptors (Lipinski definition) is 1. The van der Waals surface area contributed by atoms with Gasteiger partial charge in [0.2, 0.25) is 0 Å². The molecule has 0 aromatic heterocycles. The summed E-state index contributed by atoms with van der Waals surface area (Å²) in [5.74, 6) is 6.46. The third-order valence-corrected chi connectivity index (χ3v) is 3.34. The van der Waals surface area contributed by atoms with Crippen molar-refractivity contribution >= 4 is 10.8 Å². The van der Waals surface area contributed by atoms with Crippen molar-refractivity contribution in [1.82, 2.24) is 4.90 Å². The maximum absolute atomic E-state index is 3.25. The zero-order chi connectivity index (χ0) is 16.0. The molecule has 0 amide bonds. The lowest BCUT2D eigenvalue weighted by atomic mass is 9.98. The van der Waals surface area contributed by atoms with Gasteiger partial charge in [-0.05, 0) is 43.3 Å². The van der Waals surface area contributed by atoms with Gasteiger partial charge in [0.15, 0.2) is 0 Å². The summed E-state index contributed by atoms with van der Waals surface area (Å²) in [7, 11) is 2.11. The molecule has 0 atom stereocenters. The molecule has 2 aromatic carbocycles. The van der Waals surface area contributed by atoms with Crippen LogP contribution in [0.2, 0.25) is 0 Å². The van der Waals surface area contributed by atoms with E-state index in [9.17, 15) is 0 Å². The maximum Gasteiger partial charge on any atom is 0.0426 e. The van der Waals surface area contributed by atoms with E-state index in [1.165, 1.54) is 16.3 Å². The van der Waals surface area contributed by atoms with Gasteiger partial charge in [0.25, 0.3) is 0 Å². The molecule has 0 heterocycles. The topological polar surface area (TPSA) is 3.24 Å². The lowest BCUT2D eigenvalue weighted by molar-refractivity contribution is 0.452. The zero-order valence-corrected chi connectivity index (χ0v) is 14.1. The van der Waals surface area contributed by atoms with Crippen molar-refractivity contribution in [3.05, 3.63) is 60.3 Å². The van der Waals surface area contributed by atoms with Crippen LogP contribution < -0.4 is 0 Å². The number of rotatable bonds is 4. The third-order valence-electron chi connectivity index (χ3n) is 3.34. The molecule has 0 N–H and O–H groups in total. The highest BCUT2D eigenvalue weighted by atomic mass is 15.1. The standard InChI is InChI=1S/C21H25N/c1-21(2,3)15-8-5-9-16-22(4)17-19-13-10-12-18-11-6-7-14-20(18)19/h6-7,9-14,16H,5,17H2,1-4H3/b16-9+. The van der Waals surface area contributed by atoms with E-state index in [2.05, 4.69) is 99.3 Å². The molecule has 0 aliphatic rings. The molecule has 0 aliphatic carbocycles. The highest BCUT2D eigenvalue weighted by molar-refractivity contribution is 5.85. The van der Waals surface area contributed by atoms with Crippen molar-refractivity contribution in [2.75, 3.05) is 7.05 Å². The Labute approximate surface area is 134 Å². The lowest BCUT2D eigenvalue weighted by Crippen LogP contribution is -2.10. The first kappa shape index (κ1) is 16.2. The van der Waals surface area contributed by atoms with Crippen molar-refractivity contribution in [3.63, 3.8) is 0 Å². The number of benzene rings is 2. The first-order chi connectivity index (χ1) is 10.5. The van der Waals surface area contributed by atoms with E-state index in [0.29, 0.717) is 0 Å². The van der Waals surface area contributed by atoms with Crippen LogP contribution in [0.15, 0.2) is 54.7 Å². The van der Waals surface area contributed by atoms with E-state index < -0.39 is 0 Å². The van der Waals surface area contributed by atoms with Gasteiger partial charge in [-0.1, -0.05) is 60.4 Å². The lowest BCUT2D eigenvalue weighted by Gasteiger charge is -2.15. The Morgan fingerprint density at radius 1 is 1.05 bits per heavy atom. The van der Waals surface area contributed by atoms with E-state index >= 15 is 0 Å². The summed E-state index contributed by atoms with van der Waals surface area (Å²) in [6.45, 7) is 7.31. The van der Waals surface area contributed by atoms with Gasteiger partial charge in [-0.2, -0.15) is 0 Å². The molecular formula is C21H25N. The molecule has 1 heteroatoms. The number of hydrogen-bond donors (Lipinski definition) is 0. The predicted molar refractivity (Wildman–Crippen MR) is 96.4 cm³/mol. The third kappa shape index (κ3) is 4.97. The summed E-state index contributed by atoms with van der Waals surface area (Å²) in [5, 5.41) is 2.63. The van der Waals surface area contributed by atoms with Crippen molar-refractivity contribution in [3.8, 4) is 11.8 Å². The van der Waals surface area contributed by atoms with Gasteiger partial charge >= 0.3 is 0 Å². The average Bonchev–Trinajstić information content (AvgIpc) is 2.46. The molecule has 114 valence electrons. The molecule has 0 saturated heterocycles. The van der Waals surface area contributed by atoms with Gasteiger partial charge in [0, 0.05) is 25.4 Å². The smallest absolute Gasteiger partial charge is 0.0426 e. The zero-order valence-electron chi connectivity index (χ0n) is 14.1. The van der Waals surface area contributed by atoms with Crippen molar-refractivity contribution in [1.29, 1.82) is 0 Å². The van der Waals surface area contributed by atoms with Gasteiger partial charge < -0.3 is 4.90 Å². The minimum Gasteiger partial charge on any atom is -0.376 e. The predicted octanol–water partition coefficient (Wildman–Crippen LogP) is 5.22. The van der Waals surface area contributed by atoms with Crippen LogP contribution in [0.1, 0.15) is 32.8 Å². The second kappa shape index (κ2) is 7.18. The fourth-order valence-corrected chi connectivity index (χ4v) is 2.36. The Balaban J connectivity index is 1.99. The van der Waals surface area contributed by atoms with Crippen LogP contribution in [0.5, 0.6) is 0 Å². The Hall–Kier alpha value is -2.20. The first-order valence-electron chi connectivity index (χ1n) is 7.79. The van der Waals surface area contributed by atoms with Crippen LogP contribution in [-0.4, -0.2) is 11.9 Å². The molecule has 0 fully saturated rings. The van der Waals surface area contributed by atoms with Crippen LogP contribution in [0.4, 0.5) is 0 Å². The summed E-state index contributed by atoms with van der Waals surface area (Å²) in [6, 6.07) is 15.0. The van der Waals surface area contributed by atoms with Crippen LogP contribution in [-0.2, 0) is 6.54 Å². The molecule has 0 saturated carbocycles. The van der Waals surface area contributed by atoms with E-state index in [1.54, 1.807) is 0 Å². The minimum atomic E-state index is 0.0860. The average molecular weight is 291 g/mol. The number of allylic oxidation sites excluding steroid dienone is 1. The second-order valence-corrected chi connectivity index (χ2v) is 6.69. The normalized spacial score (nSPS) is 11.5. The molecule has 0 bridgehead atoms. The summed E-state index contributed by atoms with van der Waals surface area (Å²) in [6.07, 6.45) is 5.06. The van der Waals surface area contributed by atoms with E-state index in [-0.39, 0.29) is 5.41 Å². The second-order valence-electron chi connectivity index (χ2n) is 6.69. The summed E-state index contributed by atoms with van der Waals surface area (Å²) in [5.41, 5.74) is 1.44. The Morgan fingerprint density at radius 2 is 1.77 bits per heavy atom. The number of fused-ring (bicyclic) bond motifs is 1. The van der Waals surface area contributed by atoms with Crippen molar-refractivity contribution in [2.24, 2.45) is 5.41 Å². The minimum absolute atomic E-state index is 0.0860. The molecule has 0 spiro atoms. The summed E-state index contributed by atoms with van der Waals surface area (Å²) < 4.78 is 0. The van der Waals surface area contributed by atoms with E-state index in [4.69, 9.17) is 0 Å². The number of nitrogens with zero attached hydrogens (tertiary/aromatic N) is 1. The first-order valence-corrected chi connectivity index (χ1v) is 7.79. The fourth-order valence-electron chi connectivity index (χ4n) is 2.36. The molecule has 2 aromatic rings. The van der Waals surface area contributed by atoms with E-state index in [1.807, 2.05) is 0 Å². The molecule has 0 aliphatic heterocycles. The molecule has 22 heavy (non-hydrogen) atoms. The quantitative estimate of drug-likeness (QED) is 0.698. The molecule has 0 radical (unpaired) electrons.